The quantitative estimate of drug-likeness (QED) is 0.605. The summed E-state index contributed by atoms with van der Waals surface area (Å²) in [7, 11) is 1.92. The van der Waals surface area contributed by atoms with Crippen LogP contribution in [-0.4, -0.2) is 22.7 Å². The smallest absolute Gasteiger partial charge is 0.341 e. The van der Waals surface area contributed by atoms with Crippen molar-refractivity contribution in [3.63, 3.8) is 0 Å². The van der Waals surface area contributed by atoms with Gasteiger partial charge in [0, 0.05) is 24.1 Å². The first-order valence-electron chi connectivity index (χ1n) is 4.94. The topological polar surface area (TPSA) is 31.2 Å². The molecule has 4 heteroatoms. The largest absolute Gasteiger partial charge is 0.451 e. The zero-order chi connectivity index (χ0) is 11.5. The fourth-order valence-corrected chi connectivity index (χ4v) is 1.92. The minimum atomic E-state index is -0.258. The van der Waals surface area contributed by atoms with Gasteiger partial charge in [-0.3, -0.25) is 0 Å². The molecule has 0 N–H and O–H groups in total. The highest BCUT2D eigenvalue weighted by Crippen LogP contribution is 2.21. The lowest BCUT2D eigenvalue weighted by Crippen LogP contribution is -2.03. The molecule has 1 aromatic heterocycles. The molecule has 0 aliphatic rings. The lowest BCUT2D eigenvalue weighted by atomic mass is 10.2. The standard InChI is InChI=1S/C12H13NO2S/c1-13-7-10(12(14)15-8-16-2)9-5-3-4-6-11(9)13/h3-7H,8H2,1-2H3. The number of aromatic nitrogens is 1. The summed E-state index contributed by atoms with van der Waals surface area (Å²) in [5.74, 6) is 0.133. The van der Waals surface area contributed by atoms with Crippen molar-refractivity contribution in [2.75, 3.05) is 12.2 Å². The van der Waals surface area contributed by atoms with Gasteiger partial charge in [0.1, 0.15) is 5.94 Å². The van der Waals surface area contributed by atoms with E-state index in [1.807, 2.05) is 48.3 Å². The molecule has 0 saturated carbocycles. The van der Waals surface area contributed by atoms with Gasteiger partial charge in [-0.15, -0.1) is 11.8 Å². The molecule has 1 aromatic carbocycles. The maximum Gasteiger partial charge on any atom is 0.341 e. The molecule has 0 amide bonds. The van der Waals surface area contributed by atoms with E-state index < -0.39 is 0 Å². The number of fused-ring (bicyclic) bond motifs is 1. The van der Waals surface area contributed by atoms with Crippen molar-refractivity contribution in [3.8, 4) is 0 Å². The Labute approximate surface area is 98.4 Å². The van der Waals surface area contributed by atoms with Gasteiger partial charge in [-0.05, 0) is 12.3 Å². The zero-order valence-electron chi connectivity index (χ0n) is 9.27. The van der Waals surface area contributed by atoms with Gasteiger partial charge in [0.25, 0.3) is 0 Å². The SMILES string of the molecule is CSCOC(=O)c1cn(C)c2ccccc12. The highest BCUT2D eigenvalue weighted by atomic mass is 32.2. The van der Waals surface area contributed by atoms with Gasteiger partial charge in [-0.25, -0.2) is 4.79 Å². The first kappa shape index (κ1) is 11.1. The number of para-hydroxylation sites is 1. The van der Waals surface area contributed by atoms with E-state index in [4.69, 9.17) is 4.74 Å². The highest BCUT2D eigenvalue weighted by molar-refractivity contribution is 7.98. The van der Waals surface area contributed by atoms with Gasteiger partial charge in [-0.1, -0.05) is 18.2 Å². The summed E-state index contributed by atoms with van der Waals surface area (Å²) in [6, 6.07) is 7.80. The van der Waals surface area contributed by atoms with Crippen molar-refractivity contribution < 1.29 is 9.53 Å². The van der Waals surface area contributed by atoms with Crippen LogP contribution in [-0.2, 0) is 11.8 Å². The second kappa shape index (κ2) is 4.61. The number of thioether (sulfide) groups is 1. The van der Waals surface area contributed by atoms with Crippen LogP contribution in [0.3, 0.4) is 0 Å². The van der Waals surface area contributed by atoms with E-state index in [0.717, 1.165) is 10.9 Å². The van der Waals surface area contributed by atoms with E-state index in [9.17, 15) is 4.79 Å². The molecule has 16 heavy (non-hydrogen) atoms. The van der Waals surface area contributed by atoms with Crippen LogP contribution in [0.4, 0.5) is 0 Å². The predicted octanol–water partition coefficient (Wildman–Crippen LogP) is 2.66. The summed E-state index contributed by atoms with van der Waals surface area (Å²) in [4.78, 5) is 11.8. The molecule has 0 aliphatic heterocycles. The summed E-state index contributed by atoms with van der Waals surface area (Å²) in [5, 5.41) is 0.941. The third-order valence-electron chi connectivity index (χ3n) is 2.42. The van der Waals surface area contributed by atoms with Crippen LogP contribution >= 0.6 is 11.8 Å². The molecule has 0 unspecified atom stereocenters. The fraction of sp³-hybridized carbons (Fsp3) is 0.250. The van der Waals surface area contributed by atoms with Crippen LogP contribution in [0.5, 0.6) is 0 Å². The maximum atomic E-state index is 11.8. The summed E-state index contributed by atoms with van der Waals surface area (Å²) in [5.41, 5.74) is 1.67. The Morgan fingerprint density at radius 3 is 2.94 bits per heavy atom. The van der Waals surface area contributed by atoms with E-state index in [-0.39, 0.29) is 5.97 Å². The molecule has 0 atom stereocenters. The van der Waals surface area contributed by atoms with Crippen molar-refractivity contribution in [1.82, 2.24) is 4.57 Å². The Bertz CT molecular complexity index is 519. The van der Waals surface area contributed by atoms with Crippen LogP contribution in [0.1, 0.15) is 10.4 Å². The molecule has 0 fully saturated rings. The number of aryl methyl sites for hydroxylation is 1. The van der Waals surface area contributed by atoms with Crippen molar-refractivity contribution >= 4 is 28.6 Å². The number of rotatable bonds is 3. The summed E-state index contributed by atoms with van der Waals surface area (Å²) in [6.07, 6.45) is 3.71. The zero-order valence-corrected chi connectivity index (χ0v) is 10.1. The van der Waals surface area contributed by atoms with Gasteiger partial charge in [0.15, 0.2) is 0 Å². The Morgan fingerprint density at radius 2 is 2.19 bits per heavy atom. The molecule has 0 spiro atoms. The average Bonchev–Trinajstić information content (AvgIpc) is 2.65. The molecule has 1 heterocycles. The normalized spacial score (nSPS) is 10.6. The van der Waals surface area contributed by atoms with E-state index in [0.29, 0.717) is 11.5 Å². The van der Waals surface area contributed by atoms with E-state index in [1.165, 1.54) is 11.8 Å². The molecular weight excluding hydrogens is 222 g/mol. The lowest BCUT2D eigenvalue weighted by Gasteiger charge is -2.00. The van der Waals surface area contributed by atoms with E-state index >= 15 is 0 Å². The van der Waals surface area contributed by atoms with Gasteiger partial charge in [0.2, 0.25) is 0 Å². The first-order chi connectivity index (χ1) is 7.74. The number of hydrogen-bond acceptors (Lipinski definition) is 3. The van der Waals surface area contributed by atoms with Crippen LogP contribution in [0.25, 0.3) is 10.9 Å². The molecule has 0 radical (unpaired) electrons. The average molecular weight is 235 g/mol. The Balaban J connectivity index is 2.41. The second-order valence-electron chi connectivity index (χ2n) is 3.51. The van der Waals surface area contributed by atoms with Crippen molar-refractivity contribution in [2.24, 2.45) is 7.05 Å². The van der Waals surface area contributed by atoms with Crippen LogP contribution in [0, 0.1) is 0 Å². The van der Waals surface area contributed by atoms with Crippen LogP contribution in [0.2, 0.25) is 0 Å². The third kappa shape index (κ3) is 1.93. The van der Waals surface area contributed by atoms with Crippen LogP contribution < -0.4 is 0 Å². The van der Waals surface area contributed by atoms with Gasteiger partial charge < -0.3 is 9.30 Å². The summed E-state index contributed by atoms with van der Waals surface area (Å²) >= 11 is 1.49. The van der Waals surface area contributed by atoms with Gasteiger partial charge >= 0.3 is 5.97 Å². The van der Waals surface area contributed by atoms with Gasteiger partial charge in [0.05, 0.1) is 5.56 Å². The molecule has 84 valence electrons. The van der Waals surface area contributed by atoms with Gasteiger partial charge in [-0.2, -0.15) is 0 Å². The number of carbonyl (C=O) groups excluding carboxylic acids is 1. The van der Waals surface area contributed by atoms with E-state index in [1.54, 1.807) is 0 Å². The number of nitrogens with zero attached hydrogens (tertiary/aromatic N) is 1. The van der Waals surface area contributed by atoms with Crippen LogP contribution in [0.15, 0.2) is 30.5 Å². The monoisotopic (exact) mass is 235 g/mol. The number of ether oxygens (including phenoxy) is 1. The Morgan fingerprint density at radius 1 is 1.44 bits per heavy atom. The number of hydrogen-bond donors (Lipinski definition) is 0. The first-order valence-corrected chi connectivity index (χ1v) is 6.33. The molecule has 0 aliphatic carbocycles. The third-order valence-corrected chi connectivity index (χ3v) is 2.78. The highest BCUT2D eigenvalue weighted by Gasteiger charge is 2.14. The molecule has 0 saturated heterocycles. The molecular formula is C12H13NO2S. The maximum absolute atomic E-state index is 11.8. The van der Waals surface area contributed by atoms with Crippen molar-refractivity contribution in [2.45, 2.75) is 0 Å². The number of esters is 1. The van der Waals surface area contributed by atoms with Crippen molar-refractivity contribution in [1.29, 1.82) is 0 Å². The fourth-order valence-electron chi connectivity index (χ4n) is 1.69. The number of carbonyl (C=O) groups is 1. The molecule has 2 rings (SSSR count). The predicted molar refractivity (Wildman–Crippen MR) is 66.7 cm³/mol. The lowest BCUT2D eigenvalue weighted by molar-refractivity contribution is 0.0581. The second-order valence-corrected chi connectivity index (χ2v) is 4.32. The molecule has 3 nitrogen and oxygen atoms in total. The Kier molecular flexibility index (Phi) is 3.19. The summed E-state index contributed by atoms with van der Waals surface area (Å²) in [6.45, 7) is 0. The van der Waals surface area contributed by atoms with Crippen molar-refractivity contribution in [3.05, 3.63) is 36.0 Å². The minimum absolute atomic E-state index is 0.258. The number of benzene rings is 1. The van der Waals surface area contributed by atoms with E-state index in [2.05, 4.69) is 0 Å². The minimum Gasteiger partial charge on any atom is -0.451 e. The molecule has 0 bridgehead atoms. The Hall–Kier alpha value is -1.42. The summed E-state index contributed by atoms with van der Waals surface area (Å²) < 4.78 is 7.04. The molecule has 2 aromatic rings.